The van der Waals surface area contributed by atoms with Crippen molar-refractivity contribution >= 4 is 51.8 Å². The SMILES string of the molecule is CCOC(=O)c1c[nH]c(/C=C2\C(=O)Nc3ccc(F)c(I)c32)c1C. The molecular formula is C17H14FIN2O3. The van der Waals surface area contributed by atoms with E-state index < -0.39 is 5.97 Å². The second-order valence-electron chi connectivity index (χ2n) is 5.26. The molecule has 1 aromatic heterocycles. The zero-order valence-electron chi connectivity index (χ0n) is 13.0. The molecule has 1 aliphatic heterocycles. The van der Waals surface area contributed by atoms with E-state index in [0.29, 0.717) is 37.2 Å². The monoisotopic (exact) mass is 440 g/mol. The molecular weight excluding hydrogens is 426 g/mol. The van der Waals surface area contributed by atoms with E-state index in [1.807, 2.05) is 22.6 Å². The summed E-state index contributed by atoms with van der Waals surface area (Å²) in [5.74, 6) is -1.11. The molecule has 2 heterocycles. The van der Waals surface area contributed by atoms with E-state index in [0.717, 1.165) is 0 Å². The van der Waals surface area contributed by atoms with E-state index in [1.54, 1.807) is 26.1 Å². The highest BCUT2D eigenvalue weighted by Crippen LogP contribution is 2.37. The van der Waals surface area contributed by atoms with Gasteiger partial charge in [0, 0.05) is 17.5 Å². The van der Waals surface area contributed by atoms with Crippen LogP contribution in [0.5, 0.6) is 0 Å². The van der Waals surface area contributed by atoms with E-state index in [-0.39, 0.29) is 18.3 Å². The van der Waals surface area contributed by atoms with Gasteiger partial charge in [-0.05, 0) is 60.2 Å². The molecule has 7 heteroatoms. The number of aromatic amines is 1. The number of halogens is 2. The number of amides is 1. The molecule has 0 atom stereocenters. The van der Waals surface area contributed by atoms with Crippen molar-refractivity contribution in [2.24, 2.45) is 0 Å². The molecule has 0 saturated carbocycles. The third-order valence-corrected chi connectivity index (χ3v) is 4.88. The van der Waals surface area contributed by atoms with Gasteiger partial charge in [-0.1, -0.05) is 0 Å². The topological polar surface area (TPSA) is 71.2 Å². The number of ether oxygens (including phenoxy) is 1. The molecule has 0 unspecified atom stereocenters. The summed E-state index contributed by atoms with van der Waals surface area (Å²) >= 11 is 1.88. The van der Waals surface area contributed by atoms with Crippen molar-refractivity contribution in [3.8, 4) is 0 Å². The summed E-state index contributed by atoms with van der Waals surface area (Å²) in [5, 5.41) is 2.72. The molecule has 1 aromatic carbocycles. The third-order valence-electron chi connectivity index (χ3n) is 3.82. The highest BCUT2D eigenvalue weighted by atomic mass is 127. The summed E-state index contributed by atoms with van der Waals surface area (Å²) in [5.41, 5.74) is 3.16. The average molecular weight is 440 g/mol. The molecule has 2 N–H and O–H groups in total. The predicted molar refractivity (Wildman–Crippen MR) is 97.1 cm³/mol. The first-order valence-corrected chi connectivity index (χ1v) is 8.38. The maximum absolute atomic E-state index is 13.8. The van der Waals surface area contributed by atoms with E-state index in [4.69, 9.17) is 4.74 Å². The Kier molecular flexibility index (Phi) is 4.44. The number of nitrogens with one attached hydrogen (secondary N) is 2. The second-order valence-corrected chi connectivity index (χ2v) is 6.34. The van der Waals surface area contributed by atoms with E-state index >= 15 is 0 Å². The Morgan fingerprint density at radius 2 is 2.17 bits per heavy atom. The minimum absolute atomic E-state index is 0.285. The Labute approximate surface area is 151 Å². The van der Waals surface area contributed by atoms with Gasteiger partial charge in [0.1, 0.15) is 5.82 Å². The van der Waals surface area contributed by atoms with Gasteiger partial charge in [0.05, 0.1) is 27.0 Å². The van der Waals surface area contributed by atoms with Crippen molar-refractivity contribution in [3.63, 3.8) is 0 Å². The van der Waals surface area contributed by atoms with Crippen LogP contribution >= 0.6 is 22.6 Å². The van der Waals surface area contributed by atoms with Gasteiger partial charge in [0.25, 0.3) is 5.91 Å². The number of anilines is 1. The predicted octanol–water partition coefficient (Wildman–Crippen LogP) is 3.74. The molecule has 24 heavy (non-hydrogen) atoms. The Morgan fingerprint density at radius 1 is 1.42 bits per heavy atom. The van der Waals surface area contributed by atoms with Gasteiger partial charge in [-0.2, -0.15) is 0 Å². The minimum Gasteiger partial charge on any atom is -0.462 e. The first kappa shape index (κ1) is 16.7. The molecule has 0 spiro atoms. The van der Waals surface area contributed by atoms with Crippen LogP contribution < -0.4 is 5.32 Å². The van der Waals surface area contributed by atoms with Crippen LogP contribution in [0, 0.1) is 16.3 Å². The number of rotatable bonds is 3. The van der Waals surface area contributed by atoms with Crippen molar-refractivity contribution < 1.29 is 18.7 Å². The highest BCUT2D eigenvalue weighted by Gasteiger charge is 2.28. The molecule has 1 aliphatic rings. The lowest BCUT2D eigenvalue weighted by atomic mass is 10.0. The van der Waals surface area contributed by atoms with Gasteiger partial charge in [0.15, 0.2) is 0 Å². The van der Waals surface area contributed by atoms with Crippen LogP contribution in [0.15, 0.2) is 18.3 Å². The van der Waals surface area contributed by atoms with Gasteiger partial charge in [-0.25, -0.2) is 9.18 Å². The maximum atomic E-state index is 13.8. The number of benzene rings is 1. The largest absolute Gasteiger partial charge is 0.462 e. The van der Waals surface area contributed by atoms with Crippen molar-refractivity contribution in [1.29, 1.82) is 0 Å². The molecule has 1 amide bonds. The van der Waals surface area contributed by atoms with Crippen molar-refractivity contribution in [1.82, 2.24) is 4.98 Å². The van der Waals surface area contributed by atoms with Gasteiger partial charge in [-0.3, -0.25) is 4.79 Å². The molecule has 0 saturated heterocycles. The number of hydrogen-bond acceptors (Lipinski definition) is 3. The molecule has 0 aliphatic carbocycles. The normalized spacial score (nSPS) is 14.7. The molecule has 0 fully saturated rings. The van der Waals surface area contributed by atoms with Crippen LogP contribution in [0.25, 0.3) is 11.6 Å². The smallest absolute Gasteiger partial charge is 0.339 e. The fraction of sp³-hybridized carbons (Fsp3) is 0.176. The van der Waals surface area contributed by atoms with E-state index in [1.165, 1.54) is 12.1 Å². The summed E-state index contributed by atoms with van der Waals surface area (Å²) in [6.07, 6.45) is 3.17. The molecule has 3 rings (SSSR count). The first-order valence-electron chi connectivity index (χ1n) is 7.30. The zero-order valence-corrected chi connectivity index (χ0v) is 15.2. The summed E-state index contributed by atoms with van der Waals surface area (Å²) in [6, 6.07) is 2.86. The summed E-state index contributed by atoms with van der Waals surface area (Å²) in [7, 11) is 0. The first-order chi connectivity index (χ1) is 11.4. The minimum atomic E-state index is -0.423. The van der Waals surface area contributed by atoms with Gasteiger partial charge in [0.2, 0.25) is 0 Å². The number of aromatic nitrogens is 1. The number of fused-ring (bicyclic) bond motifs is 1. The maximum Gasteiger partial charge on any atom is 0.339 e. The number of esters is 1. The van der Waals surface area contributed by atoms with Gasteiger partial charge >= 0.3 is 5.97 Å². The fourth-order valence-corrected chi connectivity index (χ4v) is 3.35. The second kappa shape index (κ2) is 6.39. The lowest BCUT2D eigenvalue weighted by Crippen LogP contribution is -2.05. The Hall–Kier alpha value is -2.16. The van der Waals surface area contributed by atoms with Crippen LogP contribution in [0.4, 0.5) is 10.1 Å². The fourth-order valence-electron chi connectivity index (χ4n) is 2.59. The van der Waals surface area contributed by atoms with Gasteiger partial charge < -0.3 is 15.0 Å². The summed E-state index contributed by atoms with van der Waals surface area (Å²) in [6.45, 7) is 3.78. The van der Waals surface area contributed by atoms with Crippen LogP contribution in [0.3, 0.4) is 0 Å². The van der Waals surface area contributed by atoms with Gasteiger partial charge in [-0.15, -0.1) is 0 Å². The van der Waals surface area contributed by atoms with E-state index in [2.05, 4.69) is 10.3 Å². The summed E-state index contributed by atoms with van der Waals surface area (Å²) in [4.78, 5) is 27.1. The number of carbonyl (C=O) groups excluding carboxylic acids is 2. The molecule has 5 nitrogen and oxygen atoms in total. The van der Waals surface area contributed by atoms with Crippen LogP contribution in [0.1, 0.15) is 34.1 Å². The molecule has 2 aromatic rings. The highest BCUT2D eigenvalue weighted by molar-refractivity contribution is 14.1. The van der Waals surface area contributed by atoms with Crippen LogP contribution in [0.2, 0.25) is 0 Å². The van der Waals surface area contributed by atoms with Crippen molar-refractivity contribution in [2.45, 2.75) is 13.8 Å². The van der Waals surface area contributed by atoms with Crippen molar-refractivity contribution in [3.05, 3.63) is 50.1 Å². The Bertz CT molecular complexity index is 886. The number of H-pyrrole nitrogens is 1. The summed E-state index contributed by atoms with van der Waals surface area (Å²) < 4.78 is 19.2. The lowest BCUT2D eigenvalue weighted by molar-refractivity contribution is -0.110. The van der Waals surface area contributed by atoms with Crippen LogP contribution in [-0.2, 0) is 9.53 Å². The Balaban J connectivity index is 2.07. The van der Waals surface area contributed by atoms with E-state index in [9.17, 15) is 14.0 Å². The number of hydrogen-bond donors (Lipinski definition) is 2. The zero-order chi connectivity index (χ0) is 17.4. The standard InChI is InChI=1S/C17H14FIN2O3/c1-3-24-17(23)10-7-20-13(8(10)2)6-9-14-12(21-16(9)22)5-4-11(18)15(14)19/h4-7,20H,3H2,1-2H3,(H,21,22)/b9-6-. The van der Waals surface area contributed by atoms with Crippen LogP contribution in [-0.4, -0.2) is 23.5 Å². The number of carbonyl (C=O) groups is 2. The lowest BCUT2D eigenvalue weighted by Gasteiger charge is -2.04. The molecule has 124 valence electrons. The molecule has 0 bridgehead atoms. The molecule has 0 radical (unpaired) electrons. The van der Waals surface area contributed by atoms with Crippen molar-refractivity contribution in [2.75, 3.05) is 11.9 Å². The Morgan fingerprint density at radius 3 is 2.88 bits per heavy atom. The average Bonchev–Trinajstić information content (AvgIpc) is 3.06. The third kappa shape index (κ3) is 2.72. The quantitative estimate of drug-likeness (QED) is 0.434.